The molecule has 0 radical (unpaired) electrons. The van der Waals surface area contributed by atoms with Crippen LogP contribution in [0.1, 0.15) is 6.92 Å². The number of amides is 1. The molecule has 0 aliphatic carbocycles. The lowest BCUT2D eigenvalue weighted by Gasteiger charge is -2.15. The predicted molar refractivity (Wildman–Crippen MR) is 61.9 cm³/mol. The number of hydrogen-bond acceptors (Lipinski definition) is 2. The fourth-order valence-corrected chi connectivity index (χ4v) is 1.73. The number of nitrogens with zero attached hydrogens (tertiary/aromatic N) is 2. The van der Waals surface area contributed by atoms with Crippen LogP contribution in [-0.2, 0) is 4.79 Å². The Kier molecular flexibility index (Phi) is 2.67. The van der Waals surface area contributed by atoms with Gasteiger partial charge in [-0.25, -0.2) is 0 Å². The topological polar surface area (TPSA) is 32.7 Å². The first kappa shape index (κ1) is 10.5. The number of anilines is 1. The van der Waals surface area contributed by atoms with Gasteiger partial charge in [0.2, 0.25) is 0 Å². The molecule has 1 aromatic rings. The molecule has 5 heteroatoms. The summed E-state index contributed by atoms with van der Waals surface area (Å²) in [6.07, 6.45) is 1.48. The molecule has 0 spiro atoms. The molecule has 1 atom stereocenters. The van der Waals surface area contributed by atoms with Crippen LogP contribution in [0, 0.1) is 0 Å². The summed E-state index contributed by atoms with van der Waals surface area (Å²) in [5.41, 5.74) is 0.572. The number of benzene rings is 1. The molecule has 2 rings (SSSR count). The first-order valence-corrected chi connectivity index (χ1v) is 5.17. The van der Waals surface area contributed by atoms with Gasteiger partial charge in [-0.1, -0.05) is 29.3 Å². The Morgan fingerprint density at radius 3 is 2.73 bits per heavy atom. The highest BCUT2D eigenvalue weighted by molar-refractivity contribution is 6.44. The summed E-state index contributed by atoms with van der Waals surface area (Å²) in [4.78, 5) is 17.1. The molecule has 0 fully saturated rings. The van der Waals surface area contributed by atoms with Gasteiger partial charge in [-0.15, -0.1) is 0 Å². The molecule has 0 aromatic heterocycles. The number of rotatable bonds is 1. The third-order valence-corrected chi connectivity index (χ3v) is 3.00. The number of aliphatic imine (C=N–C) groups is 1. The summed E-state index contributed by atoms with van der Waals surface area (Å²) in [6.45, 7) is 1.73. The van der Waals surface area contributed by atoms with Crippen molar-refractivity contribution in [3.63, 3.8) is 0 Å². The van der Waals surface area contributed by atoms with Crippen molar-refractivity contribution in [2.24, 2.45) is 4.99 Å². The van der Waals surface area contributed by atoms with Gasteiger partial charge in [0.1, 0.15) is 6.04 Å². The van der Waals surface area contributed by atoms with E-state index in [-0.39, 0.29) is 11.9 Å². The van der Waals surface area contributed by atoms with Crippen molar-refractivity contribution >= 4 is 41.1 Å². The Bertz CT molecular complexity index is 445. The van der Waals surface area contributed by atoms with Crippen molar-refractivity contribution in [3.8, 4) is 0 Å². The zero-order valence-electron chi connectivity index (χ0n) is 7.95. The smallest absolute Gasteiger partial charge is 0.256 e. The van der Waals surface area contributed by atoms with Crippen LogP contribution in [-0.4, -0.2) is 18.3 Å². The minimum absolute atomic E-state index is 0.0980. The molecule has 0 saturated carbocycles. The van der Waals surface area contributed by atoms with Gasteiger partial charge in [-0.3, -0.25) is 14.7 Å². The third kappa shape index (κ3) is 1.73. The van der Waals surface area contributed by atoms with Gasteiger partial charge in [0.05, 0.1) is 22.1 Å². The highest BCUT2D eigenvalue weighted by Crippen LogP contribution is 2.33. The van der Waals surface area contributed by atoms with E-state index < -0.39 is 0 Å². The second kappa shape index (κ2) is 3.83. The molecule has 0 bridgehead atoms. The van der Waals surface area contributed by atoms with Crippen LogP contribution >= 0.6 is 23.2 Å². The molecular weight excluding hydrogens is 235 g/mol. The van der Waals surface area contributed by atoms with Crippen LogP contribution in [0.4, 0.5) is 5.69 Å². The molecule has 78 valence electrons. The average molecular weight is 243 g/mol. The van der Waals surface area contributed by atoms with Gasteiger partial charge >= 0.3 is 0 Å². The predicted octanol–water partition coefficient (Wildman–Crippen LogP) is 2.76. The van der Waals surface area contributed by atoms with Crippen LogP contribution in [0.2, 0.25) is 10.0 Å². The van der Waals surface area contributed by atoms with E-state index in [0.717, 1.165) is 0 Å². The molecule has 1 aliphatic heterocycles. The fourth-order valence-electron chi connectivity index (χ4n) is 1.35. The van der Waals surface area contributed by atoms with Crippen molar-refractivity contribution in [1.29, 1.82) is 0 Å². The largest absolute Gasteiger partial charge is 0.272 e. The van der Waals surface area contributed by atoms with E-state index in [9.17, 15) is 4.79 Å². The van der Waals surface area contributed by atoms with Crippen LogP contribution in [0.5, 0.6) is 0 Å². The molecule has 0 saturated heterocycles. The zero-order valence-corrected chi connectivity index (χ0v) is 9.46. The van der Waals surface area contributed by atoms with E-state index in [2.05, 4.69) is 4.99 Å². The summed E-state index contributed by atoms with van der Waals surface area (Å²) >= 11 is 11.9. The molecule has 0 unspecified atom stereocenters. The maximum atomic E-state index is 11.7. The standard InChI is InChI=1S/C10H8Cl2N2O/c1-6-10(15)14(5-13-6)8-4-2-3-7(11)9(8)12/h2-6H,1H3/t6-/m1/s1. The third-order valence-electron chi connectivity index (χ3n) is 2.19. The lowest BCUT2D eigenvalue weighted by molar-refractivity contribution is -0.117. The fraction of sp³-hybridized carbons (Fsp3) is 0.200. The van der Waals surface area contributed by atoms with Gasteiger partial charge in [0, 0.05) is 0 Å². The monoisotopic (exact) mass is 242 g/mol. The van der Waals surface area contributed by atoms with Gasteiger partial charge in [-0.05, 0) is 19.1 Å². The van der Waals surface area contributed by atoms with E-state index in [0.29, 0.717) is 15.7 Å². The van der Waals surface area contributed by atoms with E-state index in [4.69, 9.17) is 23.2 Å². The van der Waals surface area contributed by atoms with Gasteiger partial charge in [-0.2, -0.15) is 0 Å². The first-order valence-electron chi connectivity index (χ1n) is 4.41. The van der Waals surface area contributed by atoms with Gasteiger partial charge in [0.15, 0.2) is 0 Å². The molecule has 3 nitrogen and oxygen atoms in total. The highest BCUT2D eigenvalue weighted by Gasteiger charge is 2.27. The highest BCUT2D eigenvalue weighted by atomic mass is 35.5. The number of halogens is 2. The van der Waals surface area contributed by atoms with Gasteiger partial charge in [0.25, 0.3) is 5.91 Å². The lowest BCUT2D eigenvalue weighted by Crippen LogP contribution is -2.29. The Labute approximate surface area is 97.3 Å². The summed E-state index contributed by atoms with van der Waals surface area (Å²) in [5.74, 6) is -0.0980. The van der Waals surface area contributed by atoms with Crippen molar-refractivity contribution < 1.29 is 4.79 Å². The SMILES string of the molecule is C[C@H]1N=CN(c2cccc(Cl)c2Cl)C1=O. The molecule has 1 heterocycles. The first-order chi connectivity index (χ1) is 7.11. The number of hydrogen-bond donors (Lipinski definition) is 0. The van der Waals surface area contributed by atoms with Crippen molar-refractivity contribution in [3.05, 3.63) is 28.2 Å². The molecule has 0 N–H and O–H groups in total. The van der Waals surface area contributed by atoms with E-state index >= 15 is 0 Å². The minimum atomic E-state index is -0.347. The molecule has 15 heavy (non-hydrogen) atoms. The lowest BCUT2D eigenvalue weighted by atomic mass is 10.2. The van der Waals surface area contributed by atoms with Crippen LogP contribution in [0.25, 0.3) is 0 Å². The quantitative estimate of drug-likeness (QED) is 0.746. The average Bonchev–Trinajstić information content (AvgIpc) is 2.53. The Hall–Kier alpha value is -1.06. The minimum Gasteiger partial charge on any atom is -0.272 e. The normalized spacial score (nSPS) is 20.1. The molecule has 1 aliphatic rings. The van der Waals surface area contributed by atoms with E-state index in [1.165, 1.54) is 11.2 Å². The Balaban J connectivity index is 2.43. The second-order valence-electron chi connectivity index (χ2n) is 3.22. The maximum absolute atomic E-state index is 11.7. The summed E-state index contributed by atoms with van der Waals surface area (Å²) in [7, 11) is 0. The molecule has 1 amide bonds. The number of carbonyl (C=O) groups excluding carboxylic acids is 1. The van der Waals surface area contributed by atoms with Crippen LogP contribution in [0.15, 0.2) is 23.2 Å². The summed E-state index contributed by atoms with van der Waals surface area (Å²) in [5, 5.41) is 0.794. The second-order valence-corrected chi connectivity index (χ2v) is 4.01. The maximum Gasteiger partial charge on any atom is 0.256 e. The van der Waals surface area contributed by atoms with Crippen molar-refractivity contribution in [2.45, 2.75) is 13.0 Å². The van der Waals surface area contributed by atoms with E-state index in [1.807, 2.05) is 0 Å². The summed E-state index contributed by atoms with van der Waals surface area (Å²) < 4.78 is 0. The van der Waals surface area contributed by atoms with Crippen LogP contribution in [0.3, 0.4) is 0 Å². The molecular formula is C10H8Cl2N2O. The number of carbonyl (C=O) groups is 1. The van der Waals surface area contributed by atoms with Crippen molar-refractivity contribution in [2.75, 3.05) is 4.90 Å². The van der Waals surface area contributed by atoms with E-state index in [1.54, 1.807) is 25.1 Å². The Morgan fingerprint density at radius 2 is 2.13 bits per heavy atom. The summed E-state index contributed by atoms with van der Waals surface area (Å²) in [6, 6.07) is 4.80. The molecule has 1 aromatic carbocycles. The van der Waals surface area contributed by atoms with Crippen molar-refractivity contribution in [1.82, 2.24) is 0 Å². The van der Waals surface area contributed by atoms with Gasteiger partial charge < -0.3 is 0 Å². The van der Waals surface area contributed by atoms with Crippen LogP contribution < -0.4 is 4.90 Å². The zero-order chi connectivity index (χ0) is 11.0. The Morgan fingerprint density at radius 1 is 1.40 bits per heavy atom.